The van der Waals surface area contributed by atoms with Gasteiger partial charge in [0.2, 0.25) is 0 Å². The van der Waals surface area contributed by atoms with Gasteiger partial charge >= 0.3 is 5.97 Å². The Hall–Kier alpha value is -2.84. The standard InChI is InChI=1S/C23H23NO5S2/c1-4-17(22(26)27)29-18-11-10-15(12-19(18)28-5-2)13-20-21(25)24(23(30)31-20)16-9-7-6-8-14(16)3/h6-13,17H,4-5H2,1-3H3,(H,26,27)/b20-13+. The number of thiocarbonyl (C=S) groups is 1. The highest BCUT2D eigenvalue weighted by Gasteiger charge is 2.34. The Kier molecular flexibility index (Phi) is 7.35. The Bertz CT molecular complexity index is 1050. The van der Waals surface area contributed by atoms with Crippen LogP contribution in [0, 0.1) is 6.92 Å². The molecule has 2 aromatic carbocycles. The monoisotopic (exact) mass is 457 g/mol. The van der Waals surface area contributed by atoms with E-state index in [4.69, 9.17) is 21.7 Å². The first-order valence-corrected chi connectivity index (χ1v) is 11.1. The molecule has 3 rings (SSSR count). The van der Waals surface area contributed by atoms with Crippen molar-refractivity contribution in [3.8, 4) is 11.5 Å². The van der Waals surface area contributed by atoms with E-state index >= 15 is 0 Å². The van der Waals surface area contributed by atoms with Crippen LogP contribution in [0.15, 0.2) is 47.4 Å². The Morgan fingerprint density at radius 2 is 1.97 bits per heavy atom. The molecule has 1 amide bonds. The van der Waals surface area contributed by atoms with Gasteiger partial charge in [-0.25, -0.2) is 4.79 Å². The number of nitrogens with zero attached hydrogens (tertiary/aromatic N) is 1. The van der Waals surface area contributed by atoms with Crippen LogP contribution in [0.1, 0.15) is 31.4 Å². The molecule has 1 heterocycles. The minimum atomic E-state index is -1.03. The van der Waals surface area contributed by atoms with Crippen molar-refractivity contribution in [3.05, 3.63) is 58.5 Å². The second kappa shape index (κ2) is 9.98. The quantitative estimate of drug-likeness (QED) is 0.439. The number of thioether (sulfide) groups is 1. The first-order valence-electron chi connectivity index (χ1n) is 9.85. The first kappa shape index (κ1) is 22.8. The lowest BCUT2D eigenvalue weighted by Gasteiger charge is -2.17. The van der Waals surface area contributed by atoms with Gasteiger partial charge in [-0.2, -0.15) is 0 Å². The average Bonchev–Trinajstić information content (AvgIpc) is 3.01. The number of hydrogen-bond acceptors (Lipinski definition) is 6. The third-order valence-electron chi connectivity index (χ3n) is 4.63. The zero-order chi connectivity index (χ0) is 22.5. The van der Waals surface area contributed by atoms with Crippen LogP contribution in [0.4, 0.5) is 5.69 Å². The molecule has 0 bridgehead atoms. The largest absolute Gasteiger partial charge is 0.490 e. The van der Waals surface area contributed by atoms with Crippen molar-refractivity contribution < 1.29 is 24.2 Å². The fraction of sp³-hybridized carbons (Fsp3) is 0.261. The van der Waals surface area contributed by atoms with Crippen LogP contribution in [0.2, 0.25) is 0 Å². The molecule has 31 heavy (non-hydrogen) atoms. The number of carboxylic acid groups (broad SMARTS) is 1. The van der Waals surface area contributed by atoms with Crippen molar-refractivity contribution in [2.75, 3.05) is 11.5 Å². The van der Waals surface area contributed by atoms with E-state index in [1.165, 1.54) is 11.8 Å². The lowest BCUT2D eigenvalue weighted by molar-refractivity contribution is -0.145. The van der Waals surface area contributed by atoms with Crippen LogP contribution in [-0.4, -0.2) is 34.0 Å². The van der Waals surface area contributed by atoms with Crippen molar-refractivity contribution in [1.82, 2.24) is 0 Å². The number of hydrogen-bond donors (Lipinski definition) is 1. The number of carbonyl (C=O) groups is 2. The van der Waals surface area contributed by atoms with E-state index in [2.05, 4.69) is 0 Å². The summed E-state index contributed by atoms with van der Waals surface area (Å²) in [5.74, 6) is -0.445. The van der Waals surface area contributed by atoms with Crippen molar-refractivity contribution in [2.24, 2.45) is 0 Å². The molecule has 0 spiro atoms. The van der Waals surface area contributed by atoms with Gasteiger partial charge in [0.05, 0.1) is 17.2 Å². The summed E-state index contributed by atoms with van der Waals surface area (Å²) in [5, 5.41) is 9.26. The second-order valence-corrected chi connectivity index (χ2v) is 8.47. The molecule has 1 saturated heterocycles. The highest BCUT2D eigenvalue weighted by molar-refractivity contribution is 8.27. The minimum absolute atomic E-state index is 0.181. The summed E-state index contributed by atoms with van der Waals surface area (Å²) in [6.07, 6.45) is 1.11. The molecule has 2 aromatic rings. The third-order valence-corrected chi connectivity index (χ3v) is 5.93. The number of benzene rings is 2. The van der Waals surface area contributed by atoms with Crippen LogP contribution in [0.5, 0.6) is 11.5 Å². The molecule has 0 radical (unpaired) electrons. The molecule has 1 unspecified atom stereocenters. The molecule has 0 aromatic heterocycles. The average molecular weight is 458 g/mol. The summed E-state index contributed by atoms with van der Waals surface area (Å²) in [4.78, 5) is 26.4. The summed E-state index contributed by atoms with van der Waals surface area (Å²) in [6.45, 7) is 5.90. The molecule has 8 heteroatoms. The number of aryl methyl sites for hydroxylation is 1. The Balaban J connectivity index is 1.90. The number of amides is 1. The van der Waals surface area contributed by atoms with Gasteiger partial charge in [-0.1, -0.05) is 55.2 Å². The maximum atomic E-state index is 13.0. The predicted molar refractivity (Wildman–Crippen MR) is 127 cm³/mol. The molecule has 0 saturated carbocycles. The van der Waals surface area contributed by atoms with Gasteiger partial charge in [-0.3, -0.25) is 9.69 Å². The van der Waals surface area contributed by atoms with Gasteiger partial charge in [-0.05, 0) is 55.7 Å². The molecule has 162 valence electrons. The van der Waals surface area contributed by atoms with E-state index in [1.807, 2.05) is 38.1 Å². The van der Waals surface area contributed by atoms with Gasteiger partial charge < -0.3 is 14.6 Å². The minimum Gasteiger partial charge on any atom is -0.490 e. The van der Waals surface area contributed by atoms with Crippen LogP contribution in [0.3, 0.4) is 0 Å². The number of carboxylic acids is 1. The number of ether oxygens (including phenoxy) is 2. The predicted octanol–water partition coefficient (Wildman–Crippen LogP) is 5.04. The number of rotatable bonds is 8. The van der Waals surface area contributed by atoms with Crippen LogP contribution in [-0.2, 0) is 9.59 Å². The summed E-state index contributed by atoms with van der Waals surface area (Å²) >= 11 is 6.69. The first-order chi connectivity index (χ1) is 14.8. The van der Waals surface area contributed by atoms with Crippen molar-refractivity contribution in [2.45, 2.75) is 33.3 Å². The number of para-hydroxylation sites is 1. The maximum absolute atomic E-state index is 13.0. The van der Waals surface area contributed by atoms with Crippen LogP contribution in [0.25, 0.3) is 6.08 Å². The fourth-order valence-electron chi connectivity index (χ4n) is 3.08. The zero-order valence-corrected chi connectivity index (χ0v) is 19.1. The van der Waals surface area contributed by atoms with Gasteiger partial charge in [-0.15, -0.1) is 0 Å². The van der Waals surface area contributed by atoms with Gasteiger partial charge in [0.15, 0.2) is 21.9 Å². The molecular formula is C23H23NO5S2. The van der Waals surface area contributed by atoms with Crippen molar-refractivity contribution >= 4 is 51.9 Å². The van der Waals surface area contributed by atoms with E-state index in [1.54, 1.807) is 36.1 Å². The van der Waals surface area contributed by atoms with E-state index in [0.717, 1.165) is 16.8 Å². The van der Waals surface area contributed by atoms with Gasteiger partial charge in [0.25, 0.3) is 5.91 Å². The lowest BCUT2D eigenvalue weighted by Crippen LogP contribution is -2.28. The number of carbonyl (C=O) groups excluding carboxylic acids is 1. The zero-order valence-electron chi connectivity index (χ0n) is 17.5. The normalized spacial score (nSPS) is 16.0. The van der Waals surface area contributed by atoms with Gasteiger partial charge in [0.1, 0.15) is 0 Å². The van der Waals surface area contributed by atoms with E-state index in [0.29, 0.717) is 33.8 Å². The lowest BCUT2D eigenvalue weighted by atomic mass is 10.1. The maximum Gasteiger partial charge on any atom is 0.344 e. The summed E-state index contributed by atoms with van der Waals surface area (Å²) < 4.78 is 11.7. The molecule has 0 aliphatic carbocycles. The fourth-order valence-corrected chi connectivity index (χ4v) is 4.37. The van der Waals surface area contributed by atoms with Gasteiger partial charge in [0, 0.05) is 0 Å². The Labute approximate surface area is 190 Å². The van der Waals surface area contributed by atoms with E-state index in [9.17, 15) is 14.7 Å². The number of aliphatic carboxylic acids is 1. The van der Waals surface area contributed by atoms with Crippen molar-refractivity contribution in [1.29, 1.82) is 0 Å². The summed E-state index contributed by atoms with van der Waals surface area (Å²) in [5.41, 5.74) is 2.46. The Morgan fingerprint density at radius 3 is 2.61 bits per heavy atom. The SMILES string of the molecule is CCOc1cc(/C=C2/SC(=S)N(c3ccccc3C)C2=O)ccc1OC(CC)C(=O)O. The van der Waals surface area contributed by atoms with E-state index in [-0.39, 0.29) is 5.91 Å². The van der Waals surface area contributed by atoms with Crippen LogP contribution < -0.4 is 14.4 Å². The highest BCUT2D eigenvalue weighted by Crippen LogP contribution is 2.38. The summed E-state index contributed by atoms with van der Waals surface area (Å²) in [7, 11) is 0. The Morgan fingerprint density at radius 1 is 1.23 bits per heavy atom. The number of anilines is 1. The van der Waals surface area contributed by atoms with Crippen LogP contribution >= 0.6 is 24.0 Å². The second-order valence-electron chi connectivity index (χ2n) is 6.80. The molecule has 1 fully saturated rings. The topological polar surface area (TPSA) is 76.1 Å². The highest BCUT2D eigenvalue weighted by atomic mass is 32.2. The molecule has 6 nitrogen and oxygen atoms in total. The molecule has 1 aliphatic rings. The van der Waals surface area contributed by atoms with Crippen molar-refractivity contribution in [3.63, 3.8) is 0 Å². The molecule has 1 aliphatic heterocycles. The molecule has 1 N–H and O–H groups in total. The molecular weight excluding hydrogens is 434 g/mol. The summed E-state index contributed by atoms with van der Waals surface area (Å²) in [6, 6.07) is 12.7. The third kappa shape index (κ3) is 5.08. The van der Waals surface area contributed by atoms with E-state index < -0.39 is 12.1 Å². The molecule has 1 atom stereocenters. The smallest absolute Gasteiger partial charge is 0.344 e.